The van der Waals surface area contributed by atoms with Crippen LogP contribution in [0.5, 0.6) is 5.75 Å². The second kappa shape index (κ2) is 4.23. The molecule has 1 aromatic rings. The molecule has 0 aliphatic rings. The van der Waals surface area contributed by atoms with Gasteiger partial charge in [0.2, 0.25) is 0 Å². The summed E-state index contributed by atoms with van der Waals surface area (Å²) in [6.07, 6.45) is -0.711. The van der Waals surface area contributed by atoms with Crippen LogP contribution in [-0.4, -0.2) is 11.7 Å². The van der Waals surface area contributed by atoms with Gasteiger partial charge in [0.15, 0.2) is 0 Å². The van der Waals surface area contributed by atoms with E-state index in [1.807, 2.05) is 6.92 Å². The Labute approximate surface area is 77.0 Å². The van der Waals surface area contributed by atoms with Crippen LogP contribution in [0.25, 0.3) is 0 Å². The number of aliphatic hydroxyl groups excluding tert-OH is 1. The number of halogens is 1. The van der Waals surface area contributed by atoms with Crippen LogP contribution < -0.4 is 4.74 Å². The molecule has 1 atom stereocenters. The van der Waals surface area contributed by atoms with Crippen molar-refractivity contribution in [3.8, 4) is 5.75 Å². The topological polar surface area (TPSA) is 29.5 Å². The third kappa shape index (κ3) is 2.42. The summed E-state index contributed by atoms with van der Waals surface area (Å²) in [6.45, 7) is 3.93. The van der Waals surface area contributed by atoms with Crippen molar-refractivity contribution in [3.05, 3.63) is 29.6 Å². The largest absolute Gasteiger partial charge is 0.493 e. The minimum absolute atomic E-state index is 0.362. The summed E-state index contributed by atoms with van der Waals surface area (Å²) in [5.74, 6) is 0.179. The molecule has 0 radical (unpaired) electrons. The van der Waals surface area contributed by atoms with Crippen molar-refractivity contribution in [3.63, 3.8) is 0 Å². The summed E-state index contributed by atoms with van der Waals surface area (Å²) in [5, 5.41) is 9.31. The van der Waals surface area contributed by atoms with Crippen LogP contribution in [0.4, 0.5) is 4.39 Å². The van der Waals surface area contributed by atoms with Crippen molar-refractivity contribution in [1.29, 1.82) is 0 Å². The van der Waals surface area contributed by atoms with Crippen LogP contribution in [0.3, 0.4) is 0 Å². The van der Waals surface area contributed by atoms with E-state index in [1.54, 1.807) is 6.92 Å². The highest BCUT2D eigenvalue weighted by atomic mass is 19.1. The quantitative estimate of drug-likeness (QED) is 0.780. The fourth-order valence-corrected chi connectivity index (χ4v) is 1.13. The zero-order valence-electron chi connectivity index (χ0n) is 7.75. The van der Waals surface area contributed by atoms with Gasteiger partial charge >= 0.3 is 0 Å². The van der Waals surface area contributed by atoms with Crippen LogP contribution in [-0.2, 0) is 0 Å². The molecule has 0 unspecified atom stereocenters. The lowest BCUT2D eigenvalue weighted by Gasteiger charge is -2.11. The van der Waals surface area contributed by atoms with Gasteiger partial charge < -0.3 is 9.84 Å². The lowest BCUT2D eigenvalue weighted by atomic mass is 10.1. The summed E-state index contributed by atoms with van der Waals surface area (Å²) >= 11 is 0. The molecule has 0 aromatic heterocycles. The molecule has 0 fully saturated rings. The van der Waals surface area contributed by atoms with Gasteiger partial charge in [0.25, 0.3) is 0 Å². The van der Waals surface area contributed by atoms with E-state index in [0.29, 0.717) is 17.9 Å². The molecule has 0 saturated heterocycles. The van der Waals surface area contributed by atoms with Crippen molar-refractivity contribution in [1.82, 2.24) is 0 Å². The van der Waals surface area contributed by atoms with E-state index >= 15 is 0 Å². The Bertz CT molecular complexity index is 284. The molecule has 0 amide bonds. The van der Waals surface area contributed by atoms with Gasteiger partial charge in [-0.3, -0.25) is 0 Å². The smallest absolute Gasteiger partial charge is 0.125 e. The number of hydrogen-bond acceptors (Lipinski definition) is 2. The number of hydrogen-bond donors (Lipinski definition) is 1. The molecule has 1 rings (SSSR count). The summed E-state index contributed by atoms with van der Waals surface area (Å²) in [5.41, 5.74) is 0.488. The van der Waals surface area contributed by atoms with E-state index in [2.05, 4.69) is 0 Å². The fourth-order valence-electron chi connectivity index (χ4n) is 1.13. The number of aliphatic hydroxyl groups is 1. The number of rotatable bonds is 3. The van der Waals surface area contributed by atoms with E-state index < -0.39 is 6.10 Å². The van der Waals surface area contributed by atoms with Gasteiger partial charge in [0, 0.05) is 5.56 Å². The molecule has 0 bridgehead atoms. The maximum atomic E-state index is 12.8. The van der Waals surface area contributed by atoms with Gasteiger partial charge in [-0.15, -0.1) is 0 Å². The molecular formula is C10H13FO2. The van der Waals surface area contributed by atoms with Gasteiger partial charge in [-0.1, -0.05) is 0 Å². The molecule has 0 heterocycles. The summed E-state index contributed by atoms with van der Waals surface area (Å²) in [6, 6.07) is 4.13. The standard InChI is InChI=1S/C10H13FO2/c1-3-13-10-5-4-8(11)6-9(10)7(2)12/h4-7,12H,3H2,1-2H3/t7-/m1/s1. The maximum absolute atomic E-state index is 12.8. The SMILES string of the molecule is CCOc1ccc(F)cc1[C@@H](C)O. The Morgan fingerprint density at radius 2 is 2.23 bits per heavy atom. The zero-order chi connectivity index (χ0) is 9.84. The lowest BCUT2D eigenvalue weighted by Crippen LogP contribution is -2.00. The Balaban J connectivity index is 3.03. The first-order valence-corrected chi connectivity index (χ1v) is 4.25. The molecule has 0 aliphatic carbocycles. The first-order chi connectivity index (χ1) is 6.15. The van der Waals surface area contributed by atoms with E-state index in [4.69, 9.17) is 4.74 Å². The van der Waals surface area contributed by atoms with Gasteiger partial charge in [-0.2, -0.15) is 0 Å². The Hall–Kier alpha value is -1.09. The van der Waals surface area contributed by atoms with Gasteiger partial charge in [-0.25, -0.2) is 4.39 Å². The minimum Gasteiger partial charge on any atom is -0.493 e. The Morgan fingerprint density at radius 1 is 1.54 bits per heavy atom. The van der Waals surface area contributed by atoms with Crippen molar-refractivity contribution < 1.29 is 14.2 Å². The van der Waals surface area contributed by atoms with Gasteiger partial charge in [0.05, 0.1) is 12.7 Å². The second-order valence-corrected chi connectivity index (χ2v) is 2.79. The zero-order valence-corrected chi connectivity index (χ0v) is 7.75. The van der Waals surface area contributed by atoms with Crippen LogP contribution in [0.1, 0.15) is 25.5 Å². The minimum atomic E-state index is -0.711. The van der Waals surface area contributed by atoms with Crippen LogP contribution in [0.2, 0.25) is 0 Å². The number of ether oxygens (including phenoxy) is 1. The molecule has 0 aliphatic heterocycles. The molecule has 13 heavy (non-hydrogen) atoms. The fraction of sp³-hybridized carbons (Fsp3) is 0.400. The molecule has 0 saturated carbocycles. The second-order valence-electron chi connectivity index (χ2n) is 2.79. The Morgan fingerprint density at radius 3 is 2.77 bits per heavy atom. The third-order valence-electron chi connectivity index (χ3n) is 1.72. The van der Waals surface area contributed by atoms with Crippen LogP contribution >= 0.6 is 0 Å². The maximum Gasteiger partial charge on any atom is 0.125 e. The van der Waals surface area contributed by atoms with Crippen LogP contribution in [0.15, 0.2) is 18.2 Å². The number of benzene rings is 1. The van der Waals surface area contributed by atoms with Crippen molar-refractivity contribution >= 4 is 0 Å². The third-order valence-corrected chi connectivity index (χ3v) is 1.72. The molecule has 3 heteroatoms. The van der Waals surface area contributed by atoms with E-state index in [9.17, 15) is 9.50 Å². The van der Waals surface area contributed by atoms with E-state index in [1.165, 1.54) is 18.2 Å². The van der Waals surface area contributed by atoms with E-state index in [0.717, 1.165) is 0 Å². The van der Waals surface area contributed by atoms with Crippen molar-refractivity contribution in [2.24, 2.45) is 0 Å². The van der Waals surface area contributed by atoms with Gasteiger partial charge in [0.1, 0.15) is 11.6 Å². The highest BCUT2D eigenvalue weighted by Gasteiger charge is 2.09. The molecule has 2 nitrogen and oxygen atoms in total. The van der Waals surface area contributed by atoms with E-state index in [-0.39, 0.29) is 5.82 Å². The summed E-state index contributed by atoms with van der Waals surface area (Å²) < 4.78 is 18.0. The average Bonchev–Trinajstić information content (AvgIpc) is 2.08. The molecule has 0 spiro atoms. The lowest BCUT2D eigenvalue weighted by molar-refractivity contribution is 0.191. The van der Waals surface area contributed by atoms with Crippen molar-refractivity contribution in [2.45, 2.75) is 20.0 Å². The van der Waals surface area contributed by atoms with Crippen LogP contribution in [0, 0.1) is 5.82 Å². The highest BCUT2D eigenvalue weighted by Crippen LogP contribution is 2.25. The molecule has 72 valence electrons. The average molecular weight is 184 g/mol. The monoisotopic (exact) mass is 184 g/mol. The first-order valence-electron chi connectivity index (χ1n) is 4.25. The first kappa shape index (κ1) is 9.99. The molecular weight excluding hydrogens is 171 g/mol. The predicted octanol–water partition coefficient (Wildman–Crippen LogP) is 2.28. The predicted molar refractivity (Wildman–Crippen MR) is 48.2 cm³/mol. The highest BCUT2D eigenvalue weighted by molar-refractivity contribution is 5.35. The normalized spacial score (nSPS) is 12.6. The van der Waals surface area contributed by atoms with Crippen molar-refractivity contribution in [2.75, 3.05) is 6.61 Å². The molecule has 1 N–H and O–H groups in total. The Kier molecular flexibility index (Phi) is 3.25. The molecule has 1 aromatic carbocycles. The summed E-state index contributed by atoms with van der Waals surface area (Å²) in [7, 11) is 0. The van der Waals surface area contributed by atoms with Gasteiger partial charge in [-0.05, 0) is 32.0 Å². The summed E-state index contributed by atoms with van der Waals surface area (Å²) in [4.78, 5) is 0.